The summed E-state index contributed by atoms with van der Waals surface area (Å²) >= 11 is 0. The maximum atomic E-state index is 12.2. The quantitative estimate of drug-likeness (QED) is 0.787. The first kappa shape index (κ1) is 11.7. The van der Waals surface area contributed by atoms with Crippen LogP contribution in [0.1, 0.15) is 5.56 Å². The van der Waals surface area contributed by atoms with Gasteiger partial charge in [0.2, 0.25) is 5.91 Å². The molecule has 1 unspecified atom stereocenters. The van der Waals surface area contributed by atoms with Crippen LogP contribution in [-0.2, 0) is 4.79 Å². The topological polar surface area (TPSA) is 35.6 Å². The fourth-order valence-electron chi connectivity index (χ4n) is 2.74. The van der Waals surface area contributed by atoms with Crippen molar-refractivity contribution in [2.45, 2.75) is 13.0 Å². The number of carbonyl (C=O) groups excluding carboxylic acids is 1. The molecule has 1 amide bonds. The van der Waals surface area contributed by atoms with Gasteiger partial charge in [-0.3, -0.25) is 9.69 Å². The highest BCUT2D eigenvalue weighted by atomic mass is 16.2. The Kier molecular flexibility index (Phi) is 3.06. The third kappa shape index (κ3) is 2.13. The fourth-order valence-corrected chi connectivity index (χ4v) is 2.74. The lowest BCUT2D eigenvalue weighted by Crippen LogP contribution is -2.63. The number of fused-ring (bicyclic) bond motifs is 1. The predicted molar refractivity (Wildman–Crippen MR) is 71.8 cm³/mol. The third-order valence-corrected chi connectivity index (χ3v) is 3.85. The molecule has 2 aliphatic rings. The lowest BCUT2D eigenvalue weighted by molar-refractivity contribution is -0.122. The van der Waals surface area contributed by atoms with Gasteiger partial charge in [-0.2, -0.15) is 0 Å². The molecule has 1 atom stereocenters. The van der Waals surface area contributed by atoms with E-state index in [2.05, 4.69) is 29.3 Å². The van der Waals surface area contributed by atoms with Crippen molar-refractivity contribution >= 4 is 11.6 Å². The van der Waals surface area contributed by atoms with Gasteiger partial charge in [0.15, 0.2) is 0 Å². The van der Waals surface area contributed by atoms with Crippen molar-refractivity contribution in [1.82, 2.24) is 10.2 Å². The Morgan fingerprint density at radius 2 is 2.06 bits per heavy atom. The van der Waals surface area contributed by atoms with Gasteiger partial charge >= 0.3 is 0 Å². The van der Waals surface area contributed by atoms with Crippen LogP contribution in [0.25, 0.3) is 0 Å². The number of nitrogens with one attached hydrogen (secondary N) is 1. The highest BCUT2D eigenvalue weighted by molar-refractivity contribution is 5.95. The molecule has 1 N–H and O–H groups in total. The van der Waals surface area contributed by atoms with Gasteiger partial charge in [-0.15, -0.1) is 0 Å². The molecular weight excluding hydrogens is 226 g/mol. The molecule has 2 aliphatic heterocycles. The van der Waals surface area contributed by atoms with Gasteiger partial charge in [0.05, 0.1) is 6.54 Å². The molecular formula is C14H19N3O. The van der Waals surface area contributed by atoms with Crippen LogP contribution in [0, 0.1) is 6.92 Å². The number of aryl methyl sites for hydroxylation is 1. The molecule has 0 aliphatic carbocycles. The molecule has 2 fully saturated rings. The minimum atomic E-state index is 0.219. The van der Waals surface area contributed by atoms with Crippen LogP contribution in [-0.4, -0.2) is 49.6 Å². The van der Waals surface area contributed by atoms with Crippen LogP contribution < -0.4 is 10.2 Å². The lowest BCUT2D eigenvalue weighted by atomic mass is 10.1. The molecule has 2 saturated heterocycles. The number of hydrogen-bond donors (Lipinski definition) is 1. The standard InChI is InChI=1S/C14H19N3O/c1-11-2-4-12(5-3-11)17-9-13-8-15-6-7-16(13)10-14(17)18/h2-5,13,15H,6-10H2,1H3. The van der Waals surface area contributed by atoms with E-state index in [1.807, 2.05) is 17.0 Å². The van der Waals surface area contributed by atoms with Crippen molar-refractivity contribution in [2.24, 2.45) is 0 Å². The summed E-state index contributed by atoms with van der Waals surface area (Å²) in [4.78, 5) is 16.4. The molecule has 0 aromatic heterocycles. The maximum absolute atomic E-state index is 12.2. The monoisotopic (exact) mass is 245 g/mol. The number of carbonyl (C=O) groups is 1. The van der Waals surface area contributed by atoms with Crippen LogP contribution in [0.4, 0.5) is 5.69 Å². The second kappa shape index (κ2) is 4.71. The molecule has 2 heterocycles. The van der Waals surface area contributed by atoms with Crippen molar-refractivity contribution in [3.05, 3.63) is 29.8 Å². The van der Waals surface area contributed by atoms with Crippen molar-refractivity contribution in [2.75, 3.05) is 37.6 Å². The summed E-state index contributed by atoms with van der Waals surface area (Å²) in [5.74, 6) is 0.219. The van der Waals surface area contributed by atoms with Crippen LogP contribution in [0.15, 0.2) is 24.3 Å². The molecule has 18 heavy (non-hydrogen) atoms. The molecule has 1 aromatic carbocycles. The van der Waals surface area contributed by atoms with E-state index in [-0.39, 0.29) is 5.91 Å². The summed E-state index contributed by atoms with van der Waals surface area (Å²) in [6.45, 7) is 6.38. The molecule has 4 nitrogen and oxygen atoms in total. The first-order valence-corrected chi connectivity index (χ1v) is 6.56. The number of benzene rings is 1. The predicted octanol–water partition coefficient (Wildman–Crippen LogP) is 0.615. The molecule has 0 bridgehead atoms. The number of rotatable bonds is 1. The van der Waals surface area contributed by atoms with Crippen LogP contribution in [0.5, 0.6) is 0 Å². The second-order valence-corrected chi connectivity index (χ2v) is 5.17. The first-order chi connectivity index (χ1) is 8.74. The summed E-state index contributed by atoms with van der Waals surface area (Å²) in [6, 6.07) is 8.67. The minimum absolute atomic E-state index is 0.219. The highest BCUT2D eigenvalue weighted by Gasteiger charge is 2.33. The Hall–Kier alpha value is -1.39. The molecule has 3 rings (SSSR count). The number of amides is 1. The van der Waals surface area contributed by atoms with Gasteiger partial charge in [-0.05, 0) is 19.1 Å². The molecule has 0 spiro atoms. The van der Waals surface area contributed by atoms with Crippen LogP contribution >= 0.6 is 0 Å². The Morgan fingerprint density at radius 1 is 1.28 bits per heavy atom. The number of piperazine rings is 2. The normalized spacial score (nSPS) is 25.1. The van der Waals surface area contributed by atoms with Crippen molar-refractivity contribution in [3.8, 4) is 0 Å². The van der Waals surface area contributed by atoms with E-state index in [9.17, 15) is 4.79 Å². The van der Waals surface area contributed by atoms with Gasteiger partial charge in [0.25, 0.3) is 0 Å². The Labute approximate surface area is 108 Å². The average Bonchev–Trinajstić information content (AvgIpc) is 2.39. The lowest BCUT2D eigenvalue weighted by Gasteiger charge is -2.43. The highest BCUT2D eigenvalue weighted by Crippen LogP contribution is 2.21. The summed E-state index contributed by atoms with van der Waals surface area (Å²) in [5, 5.41) is 3.40. The van der Waals surface area contributed by atoms with Gasteiger partial charge in [-0.1, -0.05) is 17.7 Å². The van der Waals surface area contributed by atoms with E-state index in [4.69, 9.17) is 0 Å². The average molecular weight is 245 g/mol. The summed E-state index contributed by atoms with van der Waals surface area (Å²) in [6.07, 6.45) is 0. The van der Waals surface area contributed by atoms with E-state index in [1.165, 1.54) is 5.56 Å². The third-order valence-electron chi connectivity index (χ3n) is 3.85. The van der Waals surface area contributed by atoms with Gasteiger partial charge in [-0.25, -0.2) is 0 Å². The van der Waals surface area contributed by atoms with Crippen molar-refractivity contribution in [1.29, 1.82) is 0 Å². The van der Waals surface area contributed by atoms with Gasteiger partial charge < -0.3 is 10.2 Å². The Balaban J connectivity index is 1.80. The fraction of sp³-hybridized carbons (Fsp3) is 0.500. The van der Waals surface area contributed by atoms with Gasteiger partial charge in [0, 0.05) is 37.9 Å². The molecule has 0 saturated carbocycles. The van der Waals surface area contributed by atoms with E-state index in [0.717, 1.165) is 31.9 Å². The van der Waals surface area contributed by atoms with Crippen LogP contribution in [0.3, 0.4) is 0 Å². The number of anilines is 1. The van der Waals surface area contributed by atoms with E-state index in [1.54, 1.807) is 0 Å². The van der Waals surface area contributed by atoms with E-state index >= 15 is 0 Å². The maximum Gasteiger partial charge on any atom is 0.241 e. The first-order valence-electron chi connectivity index (χ1n) is 6.56. The van der Waals surface area contributed by atoms with Crippen molar-refractivity contribution < 1.29 is 4.79 Å². The SMILES string of the molecule is Cc1ccc(N2CC3CNCCN3CC2=O)cc1. The molecule has 0 radical (unpaired) electrons. The van der Waals surface area contributed by atoms with E-state index in [0.29, 0.717) is 12.6 Å². The van der Waals surface area contributed by atoms with Crippen LogP contribution in [0.2, 0.25) is 0 Å². The largest absolute Gasteiger partial charge is 0.314 e. The molecule has 1 aromatic rings. The Bertz CT molecular complexity index is 443. The summed E-state index contributed by atoms with van der Waals surface area (Å²) < 4.78 is 0. The van der Waals surface area contributed by atoms with Crippen molar-refractivity contribution in [3.63, 3.8) is 0 Å². The zero-order valence-corrected chi connectivity index (χ0v) is 10.7. The minimum Gasteiger partial charge on any atom is -0.314 e. The summed E-state index contributed by atoms with van der Waals surface area (Å²) in [7, 11) is 0. The smallest absolute Gasteiger partial charge is 0.241 e. The Morgan fingerprint density at radius 3 is 2.83 bits per heavy atom. The van der Waals surface area contributed by atoms with Gasteiger partial charge in [0.1, 0.15) is 0 Å². The molecule has 96 valence electrons. The second-order valence-electron chi connectivity index (χ2n) is 5.17. The molecule has 4 heteroatoms. The zero-order chi connectivity index (χ0) is 12.5. The summed E-state index contributed by atoms with van der Waals surface area (Å²) in [5.41, 5.74) is 2.25. The number of hydrogen-bond acceptors (Lipinski definition) is 3. The number of nitrogens with zero attached hydrogens (tertiary/aromatic N) is 2. The zero-order valence-electron chi connectivity index (χ0n) is 10.7. The van der Waals surface area contributed by atoms with E-state index < -0.39 is 0 Å².